The fraction of sp³-hybridized carbons (Fsp3) is 0.304. The van der Waals surface area contributed by atoms with Gasteiger partial charge in [0.1, 0.15) is 5.75 Å². The van der Waals surface area contributed by atoms with E-state index in [4.69, 9.17) is 16.3 Å². The molecule has 156 valence electrons. The van der Waals surface area contributed by atoms with Crippen LogP contribution in [0.5, 0.6) is 5.75 Å². The standard InChI is InChI=1S/C23H24ClN3O3/c1-13-4-6-16-22(14(13)2)26-19-8-9-27(11-17(19)23(16)29)12-21(28)25-15-5-7-20(30-3)18(24)10-15/h4-7,10H,8-9,11-12H2,1-3H3,(H,25,28)(H,26,29). The molecular formula is C23H24ClN3O3. The molecule has 0 atom stereocenters. The van der Waals surface area contributed by atoms with E-state index in [0.29, 0.717) is 41.4 Å². The average molecular weight is 426 g/mol. The van der Waals surface area contributed by atoms with Gasteiger partial charge in [0.05, 0.1) is 24.2 Å². The molecule has 7 heteroatoms. The fourth-order valence-electron chi connectivity index (χ4n) is 3.93. The first kappa shape index (κ1) is 20.4. The van der Waals surface area contributed by atoms with Gasteiger partial charge in [-0.2, -0.15) is 0 Å². The van der Waals surface area contributed by atoms with Crippen molar-refractivity contribution in [3.05, 3.63) is 68.0 Å². The molecular weight excluding hydrogens is 402 g/mol. The quantitative estimate of drug-likeness (QED) is 0.666. The second kappa shape index (κ2) is 8.13. The smallest absolute Gasteiger partial charge is 0.238 e. The van der Waals surface area contributed by atoms with Crippen molar-refractivity contribution in [2.75, 3.05) is 25.5 Å². The number of nitrogens with zero attached hydrogens (tertiary/aromatic N) is 1. The molecule has 30 heavy (non-hydrogen) atoms. The van der Waals surface area contributed by atoms with E-state index in [1.54, 1.807) is 25.3 Å². The number of amides is 1. The summed E-state index contributed by atoms with van der Waals surface area (Å²) < 4.78 is 5.13. The van der Waals surface area contributed by atoms with E-state index in [1.807, 2.05) is 30.9 Å². The fourth-order valence-corrected chi connectivity index (χ4v) is 4.19. The zero-order valence-corrected chi connectivity index (χ0v) is 18.0. The van der Waals surface area contributed by atoms with E-state index in [2.05, 4.69) is 10.3 Å². The molecule has 1 amide bonds. The van der Waals surface area contributed by atoms with Crippen LogP contribution in [0.1, 0.15) is 22.4 Å². The van der Waals surface area contributed by atoms with Crippen LogP contribution in [0.3, 0.4) is 0 Å². The largest absolute Gasteiger partial charge is 0.495 e. The Bertz CT molecular complexity index is 1200. The van der Waals surface area contributed by atoms with Crippen molar-refractivity contribution in [2.45, 2.75) is 26.8 Å². The lowest BCUT2D eigenvalue weighted by atomic mass is 9.99. The zero-order chi connectivity index (χ0) is 21.4. The van der Waals surface area contributed by atoms with E-state index < -0.39 is 0 Å². The number of H-pyrrole nitrogens is 1. The molecule has 6 nitrogen and oxygen atoms in total. The van der Waals surface area contributed by atoms with Gasteiger partial charge in [0.2, 0.25) is 5.91 Å². The number of benzene rings is 2. The highest BCUT2D eigenvalue weighted by Crippen LogP contribution is 2.27. The molecule has 2 N–H and O–H groups in total. The molecule has 0 saturated heterocycles. The topological polar surface area (TPSA) is 74.4 Å². The number of rotatable bonds is 4. The van der Waals surface area contributed by atoms with Crippen molar-refractivity contribution in [3.8, 4) is 5.75 Å². The maximum absolute atomic E-state index is 13.1. The van der Waals surface area contributed by atoms with E-state index >= 15 is 0 Å². The highest BCUT2D eigenvalue weighted by atomic mass is 35.5. The summed E-state index contributed by atoms with van der Waals surface area (Å²) >= 11 is 6.12. The Morgan fingerprint density at radius 1 is 1.27 bits per heavy atom. The van der Waals surface area contributed by atoms with Crippen LogP contribution in [-0.4, -0.2) is 36.0 Å². The Morgan fingerprint density at radius 3 is 2.80 bits per heavy atom. The Hall–Kier alpha value is -2.83. The Morgan fingerprint density at radius 2 is 2.07 bits per heavy atom. The molecule has 0 bridgehead atoms. The molecule has 0 radical (unpaired) electrons. The van der Waals surface area contributed by atoms with Crippen molar-refractivity contribution in [3.63, 3.8) is 0 Å². The van der Waals surface area contributed by atoms with Crippen LogP contribution in [0, 0.1) is 13.8 Å². The third-order valence-corrected chi connectivity index (χ3v) is 6.05. The first-order valence-electron chi connectivity index (χ1n) is 9.87. The maximum Gasteiger partial charge on any atom is 0.238 e. The number of halogens is 1. The highest BCUT2D eigenvalue weighted by Gasteiger charge is 2.23. The van der Waals surface area contributed by atoms with Crippen LogP contribution in [0.15, 0.2) is 35.1 Å². The van der Waals surface area contributed by atoms with E-state index in [0.717, 1.165) is 27.9 Å². The first-order valence-corrected chi connectivity index (χ1v) is 10.2. The number of pyridine rings is 1. The van der Waals surface area contributed by atoms with Gasteiger partial charge in [0.15, 0.2) is 5.43 Å². The molecule has 0 aliphatic carbocycles. The second-order valence-corrected chi connectivity index (χ2v) is 8.11. The van der Waals surface area contributed by atoms with Gasteiger partial charge in [-0.3, -0.25) is 14.5 Å². The number of hydrogen-bond donors (Lipinski definition) is 2. The van der Waals surface area contributed by atoms with Crippen LogP contribution in [0.4, 0.5) is 5.69 Å². The van der Waals surface area contributed by atoms with Crippen molar-refractivity contribution in [1.82, 2.24) is 9.88 Å². The molecule has 0 unspecified atom stereocenters. The van der Waals surface area contributed by atoms with Crippen LogP contribution >= 0.6 is 11.6 Å². The molecule has 4 rings (SSSR count). The number of anilines is 1. The Labute approximate surface area is 179 Å². The predicted octanol–water partition coefficient (Wildman–Crippen LogP) is 3.80. The van der Waals surface area contributed by atoms with Crippen molar-refractivity contribution in [1.29, 1.82) is 0 Å². The third kappa shape index (κ3) is 3.80. The van der Waals surface area contributed by atoms with Crippen LogP contribution < -0.4 is 15.5 Å². The first-order chi connectivity index (χ1) is 14.4. The summed E-state index contributed by atoms with van der Waals surface area (Å²) in [6.45, 7) is 5.43. The summed E-state index contributed by atoms with van der Waals surface area (Å²) in [7, 11) is 1.54. The minimum atomic E-state index is -0.150. The van der Waals surface area contributed by atoms with Gasteiger partial charge < -0.3 is 15.0 Å². The third-order valence-electron chi connectivity index (χ3n) is 5.76. The van der Waals surface area contributed by atoms with E-state index in [9.17, 15) is 9.59 Å². The number of aromatic nitrogens is 1. The number of fused-ring (bicyclic) bond motifs is 2. The normalized spacial score (nSPS) is 13.9. The molecule has 1 aromatic heterocycles. The number of aryl methyl sites for hydroxylation is 2. The summed E-state index contributed by atoms with van der Waals surface area (Å²) in [4.78, 5) is 31.1. The van der Waals surface area contributed by atoms with Crippen LogP contribution in [0.25, 0.3) is 10.9 Å². The van der Waals surface area contributed by atoms with Crippen molar-refractivity contribution in [2.24, 2.45) is 0 Å². The lowest BCUT2D eigenvalue weighted by Gasteiger charge is -2.28. The number of methoxy groups -OCH3 is 1. The summed E-state index contributed by atoms with van der Waals surface area (Å²) in [6.07, 6.45) is 0.704. The summed E-state index contributed by atoms with van der Waals surface area (Å²) in [6, 6.07) is 8.98. The Kier molecular flexibility index (Phi) is 5.54. The molecule has 0 spiro atoms. The SMILES string of the molecule is COc1ccc(NC(=O)CN2CCc3[nH]c4c(C)c(C)ccc4c(=O)c3C2)cc1Cl. The summed E-state index contributed by atoms with van der Waals surface area (Å²) in [5.74, 6) is 0.405. The van der Waals surface area contributed by atoms with E-state index in [-0.39, 0.29) is 17.9 Å². The molecule has 1 aliphatic rings. The molecule has 2 aromatic carbocycles. The number of carbonyl (C=O) groups excluding carboxylic acids is 1. The summed E-state index contributed by atoms with van der Waals surface area (Å²) in [5, 5.41) is 4.00. The van der Waals surface area contributed by atoms with Gasteiger partial charge in [0.25, 0.3) is 0 Å². The molecule has 0 fully saturated rings. The minimum Gasteiger partial charge on any atom is -0.495 e. The number of ether oxygens (including phenoxy) is 1. The molecule has 1 aliphatic heterocycles. The van der Waals surface area contributed by atoms with Crippen LogP contribution in [-0.2, 0) is 17.8 Å². The second-order valence-electron chi connectivity index (χ2n) is 7.70. The lowest BCUT2D eigenvalue weighted by molar-refractivity contribution is -0.117. The van der Waals surface area contributed by atoms with Crippen LogP contribution in [0.2, 0.25) is 5.02 Å². The predicted molar refractivity (Wildman–Crippen MR) is 120 cm³/mol. The number of nitrogens with one attached hydrogen (secondary N) is 2. The van der Waals surface area contributed by atoms with Crippen molar-refractivity contribution >= 4 is 34.1 Å². The molecule has 0 saturated carbocycles. The van der Waals surface area contributed by atoms with E-state index in [1.165, 1.54) is 0 Å². The number of hydrogen-bond acceptors (Lipinski definition) is 4. The minimum absolute atomic E-state index is 0.0499. The van der Waals surface area contributed by atoms with Crippen molar-refractivity contribution < 1.29 is 9.53 Å². The van der Waals surface area contributed by atoms with Gasteiger partial charge in [-0.25, -0.2) is 0 Å². The van der Waals surface area contributed by atoms with Gasteiger partial charge >= 0.3 is 0 Å². The molecule has 3 aromatic rings. The monoisotopic (exact) mass is 425 g/mol. The maximum atomic E-state index is 13.1. The van der Waals surface area contributed by atoms with Gasteiger partial charge in [-0.1, -0.05) is 17.7 Å². The number of carbonyl (C=O) groups is 1. The van der Waals surface area contributed by atoms with Gasteiger partial charge in [0, 0.05) is 41.8 Å². The van der Waals surface area contributed by atoms with Gasteiger partial charge in [-0.05, 0) is 49.2 Å². The number of aromatic amines is 1. The Balaban J connectivity index is 1.51. The highest BCUT2D eigenvalue weighted by molar-refractivity contribution is 6.32. The zero-order valence-electron chi connectivity index (χ0n) is 17.3. The van der Waals surface area contributed by atoms with Gasteiger partial charge in [-0.15, -0.1) is 0 Å². The summed E-state index contributed by atoms with van der Waals surface area (Å²) in [5.41, 5.74) is 5.56. The molecule has 2 heterocycles. The average Bonchev–Trinajstić information content (AvgIpc) is 2.72. The lowest BCUT2D eigenvalue weighted by Crippen LogP contribution is -2.39.